The quantitative estimate of drug-likeness (QED) is 0.581. The molecule has 3 rings (SSSR count). The van der Waals surface area contributed by atoms with Crippen LogP contribution in [0, 0.1) is 0 Å². The van der Waals surface area contributed by atoms with Gasteiger partial charge in [-0.1, -0.05) is 0 Å². The number of nitrogens with one attached hydrogen (secondary N) is 1. The van der Waals surface area contributed by atoms with Crippen molar-refractivity contribution >= 4 is 17.7 Å². The topological polar surface area (TPSA) is 105 Å². The number of benzene rings is 1. The van der Waals surface area contributed by atoms with Crippen LogP contribution in [0.25, 0.3) is 0 Å². The van der Waals surface area contributed by atoms with Crippen molar-refractivity contribution in [3.05, 3.63) is 59.7 Å². The molecular formula is C20H21N3O6. The average molecular weight is 399 g/mol. The lowest BCUT2D eigenvalue weighted by Crippen LogP contribution is -2.17. The van der Waals surface area contributed by atoms with E-state index in [1.165, 1.54) is 16.9 Å². The number of anilines is 1. The largest absolute Gasteiger partial charge is 0.497 e. The molecule has 0 bridgehead atoms. The van der Waals surface area contributed by atoms with Crippen LogP contribution in [0.15, 0.2) is 47.0 Å². The summed E-state index contributed by atoms with van der Waals surface area (Å²) in [6.07, 6.45) is 1.34. The molecule has 29 heavy (non-hydrogen) atoms. The Morgan fingerprint density at radius 2 is 1.86 bits per heavy atom. The zero-order chi connectivity index (χ0) is 20.8. The van der Waals surface area contributed by atoms with Crippen molar-refractivity contribution in [1.29, 1.82) is 0 Å². The van der Waals surface area contributed by atoms with Crippen LogP contribution in [0.4, 0.5) is 5.82 Å². The molecule has 0 aliphatic rings. The fraction of sp³-hybridized carbons (Fsp3) is 0.250. The Hall–Kier alpha value is -3.75. The number of methoxy groups -OCH3 is 1. The van der Waals surface area contributed by atoms with Crippen molar-refractivity contribution in [1.82, 2.24) is 9.78 Å². The number of amides is 1. The maximum Gasteiger partial charge on any atom is 0.343 e. The maximum absolute atomic E-state index is 12.5. The molecule has 0 fully saturated rings. The van der Waals surface area contributed by atoms with E-state index < -0.39 is 11.9 Å². The summed E-state index contributed by atoms with van der Waals surface area (Å²) in [5.74, 6) is 1.06. The Kier molecular flexibility index (Phi) is 6.18. The number of carbonyl (C=O) groups excluding carboxylic acids is 2. The molecule has 1 amide bonds. The lowest BCUT2D eigenvalue weighted by atomic mass is 10.3. The van der Waals surface area contributed by atoms with Crippen molar-refractivity contribution in [3.63, 3.8) is 0 Å². The van der Waals surface area contributed by atoms with Crippen molar-refractivity contribution in [2.75, 3.05) is 19.0 Å². The highest BCUT2D eigenvalue weighted by Gasteiger charge is 2.21. The van der Waals surface area contributed by atoms with E-state index in [4.69, 9.17) is 18.6 Å². The summed E-state index contributed by atoms with van der Waals surface area (Å²) in [4.78, 5) is 24.5. The third-order valence-electron chi connectivity index (χ3n) is 3.99. The van der Waals surface area contributed by atoms with E-state index >= 15 is 0 Å². The molecule has 2 aromatic heterocycles. The fourth-order valence-corrected chi connectivity index (χ4v) is 2.52. The highest BCUT2D eigenvalue weighted by molar-refractivity contribution is 6.05. The van der Waals surface area contributed by atoms with Crippen LogP contribution < -0.4 is 14.8 Å². The van der Waals surface area contributed by atoms with Crippen molar-refractivity contribution in [2.24, 2.45) is 7.05 Å². The molecular weight excluding hydrogens is 378 g/mol. The third kappa shape index (κ3) is 4.75. The van der Waals surface area contributed by atoms with Gasteiger partial charge in [0.15, 0.2) is 5.76 Å². The van der Waals surface area contributed by atoms with Crippen LogP contribution in [0.1, 0.15) is 33.6 Å². The summed E-state index contributed by atoms with van der Waals surface area (Å²) in [5.41, 5.74) is 0.164. The van der Waals surface area contributed by atoms with Crippen LogP contribution >= 0.6 is 0 Å². The minimum absolute atomic E-state index is 0.0781. The predicted molar refractivity (Wildman–Crippen MR) is 103 cm³/mol. The smallest absolute Gasteiger partial charge is 0.343 e. The molecule has 9 nitrogen and oxygen atoms in total. The molecule has 152 valence electrons. The van der Waals surface area contributed by atoms with Gasteiger partial charge in [-0.3, -0.25) is 9.48 Å². The first kappa shape index (κ1) is 20.0. The summed E-state index contributed by atoms with van der Waals surface area (Å²) in [7, 11) is 3.20. The van der Waals surface area contributed by atoms with Crippen LogP contribution in [0.2, 0.25) is 0 Å². The lowest BCUT2D eigenvalue weighted by Gasteiger charge is -2.07. The zero-order valence-electron chi connectivity index (χ0n) is 16.3. The number of hydrogen-bond donors (Lipinski definition) is 1. The summed E-state index contributed by atoms with van der Waals surface area (Å²) >= 11 is 0. The number of carbonyl (C=O) groups is 2. The SMILES string of the molecule is CCOC(=O)c1cnn(C)c1NC(=O)c1ccc(COc2ccc(OC)cc2)o1. The van der Waals surface area contributed by atoms with Gasteiger partial charge in [0.05, 0.1) is 19.9 Å². The summed E-state index contributed by atoms with van der Waals surface area (Å²) in [5, 5.41) is 6.62. The standard InChI is InChI=1S/C20H21N3O6/c1-4-27-20(25)16-11-21-23(2)18(16)22-19(24)17-10-9-15(29-17)12-28-14-7-5-13(26-3)6-8-14/h5-11H,4,12H2,1-3H3,(H,22,24). The first-order valence-corrected chi connectivity index (χ1v) is 8.87. The molecule has 1 N–H and O–H groups in total. The van der Waals surface area contributed by atoms with E-state index in [-0.39, 0.29) is 30.4 Å². The number of aromatic nitrogens is 2. The number of aryl methyl sites for hydroxylation is 1. The molecule has 1 aromatic carbocycles. The minimum Gasteiger partial charge on any atom is -0.497 e. The molecule has 0 unspecified atom stereocenters. The molecule has 0 spiro atoms. The highest BCUT2D eigenvalue weighted by atomic mass is 16.5. The van der Waals surface area contributed by atoms with Gasteiger partial charge in [-0.15, -0.1) is 0 Å². The van der Waals surface area contributed by atoms with E-state index in [0.29, 0.717) is 11.5 Å². The molecule has 0 aliphatic heterocycles. The van der Waals surface area contributed by atoms with Gasteiger partial charge < -0.3 is 23.9 Å². The van der Waals surface area contributed by atoms with E-state index in [1.807, 2.05) is 0 Å². The van der Waals surface area contributed by atoms with Crippen molar-refractivity contribution < 1.29 is 28.2 Å². The first-order valence-electron chi connectivity index (χ1n) is 8.87. The Balaban J connectivity index is 1.63. The number of hydrogen-bond acceptors (Lipinski definition) is 7. The second-order valence-electron chi connectivity index (χ2n) is 5.94. The molecule has 0 atom stereocenters. The zero-order valence-corrected chi connectivity index (χ0v) is 16.3. The number of esters is 1. The molecule has 9 heteroatoms. The Labute approximate surface area is 167 Å². The number of furan rings is 1. The molecule has 0 saturated carbocycles. The Morgan fingerprint density at radius 1 is 1.14 bits per heavy atom. The summed E-state index contributed by atoms with van der Waals surface area (Å²) in [6, 6.07) is 10.3. The molecule has 0 radical (unpaired) electrons. The summed E-state index contributed by atoms with van der Waals surface area (Å²) < 4.78 is 22.6. The maximum atomic E-state index is 12.5. The fourth-order valence-electron chi connectivity index (χ4n) is 2.52. The second kappa shape index (κ2) is 8.96. The molecule has 0 saturated heterocycles. The molecule has 2 heterocycles. The van der Waals surface area contributed by atoms with Gasteiger partial charge in [0.2, 0.25) is 0 Å². The lowest BCUT2D eigenvalue weighted by molar-refractivity contribution is 0.0527. The van der Waals surface area contributed by atoms with Gasteiger partial charge in [-0.25, -0.2) is 4.79 Å². The van der Waals surface area contributed by atoms with Gasteiger partial charge in [-0.05, 0) is 43.3 Å². The van der Waals surface area contributed by atoms with Gasteiger partial charge in [0.1, 0.15) is 35.2 Å². The number of nitrogens with zero attached hydrogens (tertiary/aromatic N) is 2. The molecule has 0 aliphatic carbocycles. The monoisotopic (exact) mass is 399 g/mol. The van der Waals surface area contributed by atoms with Crippen LogP contribution in [-0.2, 0) is 18.4 Å². The first-order chi connectivity index (χ1) is 14.0. The average Bonchev–Trinajstić information content (AvgIpc) is 3.34. The normalized spacial score (nSPS) is 10.4. The van der Waals surface area contributed by atoms with E-state index in [1.54, 1.807) is 51.4 Å². The third-order valence-corrected chi connectivity index (χ3v) is 3.99. The minimum atomic E-state index is -0.566. The highest BCUT2D eigenvalue weighted by Crippen LogP contribution is 2.20. The Bertz CT molecular complexity index is 990. The van der Waals surface area contributed by atoms with Gasteiger partial charge >= 0.3 is 5.97 Å². The van der Waals surface area contributed by atoms with Crippen molar-refractivity contribution in [2.45, 2.75) is 13.5 Å². The van der Waals surface area contributed by atoms with Crippen LogP contribution in [0.3, 0.4) is 0 Å². The van der Waals surface area contributed by atoms with Gasteiger partial charge in [-0.2, -0.15) is 5.10 Å². The van der Waals surface area contributed by atoms with Crippen LogP contribution in [-0.4, -0.2) is 35.4 Å². The van der Waals surface area contributed by atoms with E-state index in [2.05, 4.69) is 10.4 Å². The van der Waals surface area contributed by atoms with Gasteiger partial charge in [0.25, 0.3) is 5.91 Å². The predicted octanol–water partition coefficient (Wildman–Crippen LogP) is 3.03. The van der Waals surface area contributed by atoms with Gasteiger partial charge in [0, 0.05) is 7.05 Å². The van der Waals surface area contributed by atoms with Crippen LogP contribution in [0.5, 0.6) is 11.5 Å². The number of ether oxygens (including phenoxy) is 3. The van der Waals surface area contributed by atoms with E-state index in [9.17, 15) is 9.59 Å². The van der Waals surface area contributed by atoms with E-state index in [0.717, 1.165) is 5.75 Å². The number of rotatable bonds is 8. The second-order valence-corrected chi connectivity index (χ2v) is 5.94. The Morgan fingerprint density at radius 3 is 2.55 bits per heavy atom. The summed E-state index contributed by atoms with van der Waals surface area (Å²) in [6.45, 7) is 2.07. The molecule has 3 aromatic rings. The van der Waals surface area contributed by atoms with Crippen molar-refractivity contribution in [3.8, 4) is 11.5 Å².